The topological polar surface area (TPSA) is 64.4 Å². The molecule has 0 unspecified atom stereocenters. The van der Waals surface area contributed by atoms with Gasteiger partial charge in [-0.1, -0.05) is 6.92 Å². The molecule has 0 saturated heterocycles. The van der Waals surface area contributed by atoms with Gasteiger partial charge in [0.2, 0.25) is 0 Å². The van der Waals surface area contributed by atoms with E-state index in [0.29, 0.717) is 25.4 Å². The largest absolute Gasteiger partial charge is 0.465 e. The van der Waals surface area contributed by atoms with Gasteiger partial charge in [0.15, 0.2) is 0 Å². The minimum atomic E-state index is -0.381. The highest BCUT2D eigenvalue weighted by Gasteiger charge is 2.22. The molecule has 1 aromatic heterocycles. The molecule has 20 heavy (non-hydrogen) atoms. The number of hydrogen-bond acceptors (Lipinski definition) is 4. The van der Waals surface area contributed by atoms with Crippen molar-refractivity contribution in [3.05, 3.63) is 17.5 Å². The quantitative estimate of drug-likeness (QED) is 0.712. The van der Waals surface area contributed by atoms with Crippen LogP contribution in [0.4, 0.5) is 0 Å². The molecule has 0 aromatic carbocycles. The Kier molecular flexibility index (Phi) is 6.21. The van der Waals surface area contributed by atoms with Gasteiger partial charge in [0.25, 0.3) is 5.91 Å². The first-order chi connectivity index (χ1) is 9.53. The van der Waals surface area contributed by atoms with E-state index < -0.39 is 0 Å². The van der Waals surface area contributed by atoms with Crippen molar-refractivity contribution in [2.75, 3.05) is 19.7 Å². The smallest absolute Gasteiger partial charge is 0.325 e. The van der Waals surface area contributed by atoms with Crippen molar-refractivity contribution in [2.24, 2.45) is 0 Å². The molecule has 1 heterocycles. The van der Waals surface area contributed by atoms with Gasteiger partial charge in [-0.25, -0.2) is 0 Å². The van der Waals surface area contributed by atoms with Crippen LogP contribution in [0.25, 0.3) is 0 Å². The van der Waals surface area contributed by atoms with Crippen molar-refractivity contribution in [3.8, 4) is 0 Å². The van der Waals surface area contributed by atoms with Crippen molar-refractivity contribution >= 4 is 11.9 Å². The fourth-order valence-corrected chi connectivity index (χ4v) is 2.01. The number of aryl methyl sites for hydroxylation is 2. The molecule has 0 N–H and O–H groups in total. The van der Waals surface area contributed by atoms with Crippen molar-refractivity contribution in [3.63, 3.8) is 0 Å². The molecule has 0 aliphatic carbocycles. The van der Waals surface area contributed by atoms with Crippen LogP contribution >= 0.6 is 0 Å². The monoisotopic (exact) mass is 281 g/mol. The summed E-state index contributed by atoms with van der Waals surface area (Å²) in [4.78, 5) is 25.6. The molecule has 0 spiro atoms. The van der Waals surface area contributed by atoms with Crippen LogP contribution in [0.15, 0.2) is 6.07 Å². The number of carbonyl (C=O) groups excluding carboxylic acids is 2. The molecule has 1 rings (SSSR count). The maximum absolute atomic E-state index is 12.5. The Bertz CT molecular complexity index is 468. The second-order valence-corrected chi connectivity index (χ2v) is 4.52. The van der Waals surface area contributed by atoms with Crippen LogP contribution in [0.5, 0.6) is 0 Å². The lowest BCUT2D eigenvalue weighted by Crippen LogP contribution is -2.38. The summed E-state index contributed by atoms with van der Waals surface area (Å²) in [5, 5.41) is 4.26. The summed E-state index contributed by atoms with van der Waals surface area (Å²) in [6, 6.07) is 1.75. The molecule has 0 radical (unpaired) electrons. The Morgan fingerprint density at radius 3 is 2.60 bits per heavy atom. The molecule has 1 aromatic rings. The molecular weight excluding hydrogens is 258 g/mol. The van der Waals surface area contributed by atoms with Crippen LogP contribution in [-0.2, 0) is 16.1 Å². The van der Waals surface area contributed by atoms with Gasteiger partial charge >= 0.3 is 5.97 Å². The molecule has 0 aliphatic rings. The van der Waals surface area contributed by atoms with E-state index in [-0.39, 0.29) is 18.4 Å². The summed E-state index contributed by atoms with van der Waals surface area (Å²) >= 11 is 0. The lowest BCUT2D eigenvalue weighted by molar-refractivity contribution is -0.143. The molecule has 0 fully saturated rings. The Balaban J connectivity index is 2.89. The first-order valence-electron chi connectivity index (χ1n) is 7.02. The van der Waals surface area contributed by atoms with Crippen LogP contribution in [-0.4, -0.2) is 46.3 Å². The van der Waals surface area contributed by atoms with E-state index in [1.54, 1.807) is 17.7 Å². The van der Waals surface area contributed by atoms with Gasteiger partial charge in [-0.2, -0.15) is 5.10 Å². The molecule has 0 atom stereocenters. The van der Waals surface area contributed by atoms with E-state index in [4.69, 9.17) is 4.74 Å². The van der Waals surface area contributed by atoms with E-state index in [1.165, 1.54) is 4.90 Å². The molecule has 0 bridgehead atoms. The number of carbonyl (C=O) groups is 2. The van der Waals surface area contributed by atoms with Crippen LogP contribution in [0.3, 0.4) is 0 Å². The van der Waals surface area contributed by atoms with Gasteiger partial charge in [0, 0.05) is 13.1 Å². The summed E-state index contributed by atoms with van der Waals surface area (Å²) in [7, 11) is 0. The zero-order valence-corrected chi connectivity index (χ0v) is 12.7. The summed E-state index contributed by atoms with van der Waals surface area (Å²) in [5.74, 6) is -0.559. The highest BCUT2D eigenvalue weighted by molar-refractivity contribution is 5.94. The summed E-state index contributed by atoms with van der Waals surface area (Å²) in [5.41, 5.74) is 1.31. The first-order valence-corrected chi connectivity index (χ1v) is 7.02. The number of hydrogen-bond donors (Lipinski definition) is 0. The minimum absolute atomic E-state index is 0.0194. The number of amides is 1. The van der Waals surface area contributed by atoms with Crippen LogP contribution < -0.4 is 0 Å². The van der Waals surface area contributed by atoms with Gasteiger partial charge < -0.3 is 9.64 Å². The molecule has 6 heteroatoms. The lowest BCUT2D eigenvalue weighted by Gasteiger charge is -2.21. The van der Waals surface area contributed by atoms with Crippen LogP contribution in [0.2, 0.25) is 0 Å². The van der Waals surface area contributed by atoms with Crippen LogP contribution in [0, 0.1) is 6.92 Å². The third-order valence-electron chi connectivity index (χ3n) is 2.83. The van der Waals surface area contributed by atoms with Crippen molar-refractivity contribution in [1.82, 2.24) is 14.7 Å². The fraction of sp³-hybridized carbons (Fsp3) is 0.643. The fourth-order valence-electron chi connectivity index (χ4n) is 2.01. The Labute approximate surface area is 119 Å². The minimum Gasteiger partial charge on any atom is -0.465 e. The Morgan fingerprint density at radius 2 is 2.05 bits per heavy atom. The number of aromatic nitrogens is 2. The maximum Gasteiger partial charge on any atom is 0.325 e. The number of rotatable bonds is 7. The SMILES string of the molecule is CCCN(CC(=O)OCC)C(=O)c1cc(C)nn1CC. The summed E-state index contributed by atoms with van der Waals surface area (Å²) in [6.45, 7) is 8.93. The molecule has 1 amide bonds. The van der Waals surface area contributed by atoms with E-state index in [1.807, 2.05) is 20.8 Å². The van der Waals surface area contributed by atoms with E-state index >= 15 is 0 Å². The molecule has 6 nitrogen and oxygen atoms in total. The lowest BCUT2D eigenvalue weighted by atomic mass is 10.3. The molecular formula is C14H23N3O3. The van der Waals surface area contributed by atoms with Crippen LogP contribution in [0.1, 0.15) is 43.4 Å². The maximum atomic E-state index is 12.5. The third-order valence-corrected chi connectivity index (χ3v) is 2.83. The predicted octanol–water partition coefficient (Wildman–Crippen LogP) is 1.63. The zero-order chi connectivity index (χ0) is 15.1. The van der Waals surface area contributed by atoms with E-state index in [0.717, 1.165) is 12.1 Å². The Hall–Kier alpha value is -1.85. The van der Waals surface area contributed by atoms with Crippen molar-refractivity contribution in [1.29, 1.82) is 0 Å². The van der Waals surface area contributed by atoms with Gasteiger partial charge in [0.05, 0.1) is 12.3 Å². The highest BCUT2D eigenvalue weighted by atomic mass is 16.5. The van der Waals surface area contributed by atoms with Gasteiger partial charge in [-0.15, -0.1) is 0 Å². The van der Waals surface area contributed by atoms with E-state index in [2.05, 4.69) is 5.10 Å². The summed E-state index contributed by atoms with van der Waals surface area (Å²) < 4.78 is 6.57. The Morgan fingerprint density at radius 1 is 1.35 bits per heavy atom. The molecule has 112 valence electrons. The molecule has 0 aliphatic heterocycles. The second kappa shape index (κ2) is 7.67. The number of ether oxygens (including phenoxy) is 1. The van der Waals surface area contributed by atoms with Crippen molar-refractivity contribution in [2.45, 2.75) is 40.7 Å². The molecule has 0 saturated carbocycles. The average Bonchev–Trinajstić information content (AvgIpc) is 2.79. The number of esters is 1. The average molecular weight is 281 g/mol. The van der Waals surface area contributed by atoms with Crippen molar-refractivity contribution < 1.29 is 14.3 Å². The second-order valence-electron chi connectivity index (χ2n) is 4.52. The normalized spacial score (nSPS) is 10.4. The highest BCUT2D eigenvalue weighted by Crippen LogP contribution is 2.09. The van der Waals surface area contributed by atoms with E-state index in [9.17, 15) is 9.59 Å². The zero-order valence-electron chi connectivity index (χ0n) is 12.7. The number of nitrogens with zero attached hydrogens (tertiary/aromatic N) is 3. The standard InChI is InChI=1S/C14H23N3O3/c1-5-8-16(10-13(18)20-7-3)14(19)12-9-11(4)15-17(12)6-2/h9H,5-8,10H2,1-4H3. The van der Waals surface area contributed by atoms with Gasteiger partial charge in [-0.05, 0) is 33.3 Å². The van der Waals surface area contributed by atoms with Gasteiger partial charge in [0.1, 0.15) is 12.2 Å². The third kappa shape index (κ3) is 4.08. The summed E-state index contributed by atoms with van der Waals surface area (Å²) in [6.07, 6.45) is 0.782. The van der Waals surface area contributed by atoms with Gasteiger partial charge in [-0.3, -0.25) is 14.3 Å². The predicted molar refractivity (Wildman–Crippen MR) is 75.5 cm³/mol. The first kappa shape index (κ1) is 16.2.